The van der Waals surface area contributed by atoms with Crippen LogP contribution in [0.1, 0.15) is 41.7 Å². The zero-order valence-corrected chi connectivity index (χ0v) is 22.4. The second-order valence-corrected chi connectivity index (χ2v) is 9.74. The minimum Gasteiger partial charge on any atom is -0.490 e. The van der Waals surface area contributed by atoms with Gasteiger partial charge in [-0.3, -0.25) is 4.79 Å². The molecular formula is C31H32N2O3S. The van der Waals surface area contributed by atoms with Crippen LogP contribution in [0.4, 0.5) is 5.69 Å². The van der Waals surface area contributed by atoms with Gasteiger partial charge >= 0.3 is 0 Å². The lowest BCUT2D eigenvalue weighted by molar-refractivity contribution is -0.115. The number of aliphatic imine (C=N–C) groups is 1. The zero-order chi connectivity index (χ0) is 26.2. The van der Waals surface area contributed by atoms with Gasteiger partial charge in [0.1, 0.15) is 6.61 Å². The van der Waals surface area contributed by atoms with E-state index in [9.17, 15) is 4.79 Å². The van der Waals surface area contributed by atoms with E-state index < -0.39 is 0 Å². The molecule has 1 aliphatic rings. The van der Waals surface area contributed by atoms with E-state index in [1.807, 2.05) is 55.5 Å². The minimum absolute atomic E-state index is 0.170. The second-order valence-electron chi connectivity index (χ2n) is 8.71. The van der Waals surface area contributed by atoms with Crippen LogP contribution in [0.3, 0.4) is 0 Å². The van der Waals surface area contributed by atoms with Crippen LogP contribution >= 0.6 is 11.8 Å². The van der Waals surface area contributed by atoms with Crippen molar-refractivity contribution in [2.75, 3.05) is 6.61 Å². The van der Waals surface area contributed by atoms with Crippen molar-refractivity contribution >= 4 is 34.6 Å². The fourth-order valence-corrected chi connectivity index (χ4v) is 4.86. The molecule has 3 aromatic rings. The number of allylic oxidation sites excluding steroid dienone is 1. The third kappa shape index (κ3) is 6.92. The largest absolute Gasteiger partial charge is 0.490 e. The molecule has 0 aromatic heterocycles. The Morgan fingerprint density at radius 1 is 1.03 bits per heavy atom. The molecular weight excluding hydrogens is 480 g/mol. The molecule has 1 aliphatic heterocycles. The molecule has 0 saturated carbocycles. The van der Waals surface area contributed by atoms with Crippen LogP contribution in [0.5, 0.6) is 11.5 Å². The van der Waals surface area contributed by atoms with Crippen LogP contribution in [0, 0.1) is 6.92 Å². The Hall–Kier alpha value is -3.77. The van der Waals surface area contributed by atoms with Crippen molar-refractivity contribution in [3.05, 3.63) is 106 Å². The van der Waals surface area contributed by atoms with Gasteiger partial charge in [-0.1, -0.05) is 55.0 Å². The number of amides is 1. The van der Waals surface area contributed by atoms with Crippen molar-refractivity contribution in [1.29, 1.82) is 0 Å². The van der Waals surface area contributed by atoms with Crippen LogP contribution in [-0.2, 0) is 24.2 Å². The molecule has 1 fully saturated rings. The van der Waals surface area contributed by atoms with Crippen molar-refractivity contribution in [2.45, 2.75) is 40.2 Å². The molecule has 0 spiro atoms. The SMILES string of the molecule is C=CCc1cc(/C=C2\SC(=Nc3ccc(CC)cc3)NC2=O)cc(OCC)c1OCc1cccc(C)c1. The van der Waals surface area contributed by atoms with E-state index in [0.717, 1.165) is 28.8 Å². The molecule has 1 heterocycles. The average molecular weight is 513 g/mol. The van der Waals surface area contributed by atoms with Gasteiger partial charge in [0.2, 0.25) is 0 Å². The van der Waals surface area contributed by atoms with E-state index in [0.29, 0.717) is 41.2 Å². The summed E-state index contributed by atoms with van der Waals surface area (Å²) in [6, 6.07) is 20.2. The summed E-state index contributed by atoms with van der Waals surface area (Å²) in [5.74, 6) is 1.18. The number of hydrogen-bond acceptors (Lipinski definition) is 5. The number of amidine groups is 1. The molecule has 1 amide bonds. The molecule has 0 unspecified atom stereocenters. The lowest BCUT2D eigenvalue weighted by atomic mass is 10.0. The van der Waals surface area contributed by atoms with Gasteiger partial charge in [-0.05, 0) is 85.5 Å². The zero-order valence-electron chi connectivity index (χ0n) is 21.5. The molecule has 37 heavy (non-hydrogen) atoms. The molecule has 1 saturated heterocycles. The van der Waals surface area contributed by atoms with Gasteiger partial charge in [0.25, 0.3) is 5.91 Å². The van der Waals surface area contributed by atoms with Gasteiger partial charge in [0, 0.05) is 5.56 Å². The maximum absolute atomic E-state index is 12.7. The number of aryl methyl sites for hydroxylation is 2. The average Bonchev–Trinajstić information content (AvgIpc) is 3.22. The van der Waals surface area contributed by atoms with E-state index in [1.165, 1.54) is 22.9 Å². The third-order valence-corrected chi connectivity index (χ3v) is 6.72. The van der Waals surface area contributed by atoms with E-state index in [2.05, 4.69) is 55.0 Å². The first-order chi connectivity index (χ1) is 18.0. The minimum atomic E-state index is -0.170. The molecule has 190 valence electrons. The predicted molar refractivity (Wildman–Crippen MR) is 154 cm³/mol. The Morgan fingerprint density at radius 3 is 2.54 bits per heavy atom. The molecule has 3 aromatic carbocycles. The lowest BCUT2D eigenvalue weighted by Gasteiger charge is -2.17. The Kier molecular flexibility index (Phi) is 8.86. The van der Waals surface area contributed by atoms with Gasteiger partial charge in [-0.2, -0.15) is 0 Å². The first kappa shape index (κ1) is 26.3. The highest BCUT2D eigenvalue weighted by atomic mass is 32.2. The van der Waals surface area contributed by atoms with Crippen molar-refractivity contribution in [1.82, 2.24) is 5.32 Å². The summed E-state index contributed by atoms with van der Waals surface area (Å²) in [6.07, 6.45) is 5.29. The highest BCUT2D eigenvalue weighted by Crippen LogP contribution is 2.37. The topological polar surface area (TPSA) is 59.9 Å². The lowest BCUT2D eigenvalue weighted by Crippen LogP contribution is -2.19. The van der Waals surface area contributed by atoms with Gasteiger partial charge in [-0.25, -0.2) is 4.99 Å². The molecule has 0 radical (unpaired) electrons. The summed E-state index contributed by atoms with van der Waals surface area (Å²) >= 11 is 1.33. The number of carbonyl (C=O) groups is 1. The van der Waals surface area contributed by atoms with Gasteiger partial charge in [0.05, 0.1) is 17.2 Å². The Labute approximate surface area is 223 Å². The van der Waals surface area contributed by atoms with Gasteiger partial charge < -0.3 is 14.8 Å². The fourth-order valence-electron chi connectivity index (χ4n) is 4.01. The van der Waals surface area contributed by atoms with Crippen LogP contribution in [-0.4, -0.2) is 17.7 Å². The highest BCUT2D eigenvalue weighted by molar-refractivity contribution is 8.18. The fraction of sp³-hybridized carbons (Fsp3) is 0.226. The third-order valence-electron chi connectivity index (χ3n) is 5.81. The van der Waals surface area contributed by atoms with Crippen molar-refractivity contribution < 1.29 is 14.3 Å². The standard InChI is InChI=1S/C31H32N2O3S/c1-5-9-25-17-24(18-27(35-7-3)29(25)36-20-23-11-8-10-21(4)16-23)19-28-30(34)33-31(37-28)32-26-14-12-22(6-2)13-15-26/h5,8,10-19H,1,6-7,9,20H2,2-4H3,(H,32,33,34)/b28-19-. The number of nitrogens with one attached hydrogen (secondary N) is 1. The van der Waals surface area contributed by atoms with E-state index in [1.54, 1.807) is 0 Å². The number of ether oxygens (including phenoxy) is 2. The molecule has 0 aliphatic carbocycles. The van der Waals surface area contributed by atoms with Crippen LogP contribution in [0.25, 0.3) is 6.08 Å². The Bertz CT molecular complexity index is 1340. The maximum atomic E-state index is 12.7. The summed E-state index contributed by atoms with van der Waals surface area (Å²) in [5, 5.41) is 3.43. The van der Waals surface area contributed by atoms with E-state index in [-0.39, 0.29) is 5.91 Å². The molecule has 6 heteroatoms. The van der Waals surface area contributed by atoms with E-state index in [4.69, 9.17) is 9.47 Å². The maximum Gasteiger partial charge on any atom is 0.264 e. The molecule has 0 bridgehead atoms. The molecule has 4 rings (SSSR count). The second kappa shape index (κ2) is 12.5. The number of benzene rings is 3. The summed E-state index contributed by atoms with van der Waals surface area (Å²) in [4.78, 5) is 17.9. The normalized spacial score (nSPS) is 15.2. The molecule has 5 nitrogen and oxygen atoms in total. The van der Waals surface area contributed by atoms with Gasteiger partial charge in [0.15, 0.2) is 16.7 Å². The number of rotatable bonds is 10. The van der Waals surface area contributed by atoms with E-state index >= 15 is 0 Å². The Balaban J connectivity index is 1.60. The number of hydrogen-bond donors (Lipinski definition) is 1. The smallest absolute Gasteiger partial charge is 0.264 e. The number of nitrogens with zero attached hydrogens (tertiary/aromatic N) is 1. The van der Waals surface area contributed by atoms with Gasteiger partial charge in [-0.15, -0.1) is 6.58 Å². The predicted octanol–water partition coefficient (Wildman–Crippen LogP) is 7.16. The summed E-state index contributed by atoms with van der Waals surface area (Å²) in [6.45, 7) is 11.0. The quantitative estimate of drug-likeness (QED) is 0.231. The van der Waals surface area contributed by atoms with Crippen LogP contribution < -0.4 is 14.8 Å². The first-order valence-corrected chi connectivity index (χ1v) is 13.3. The van der Waals surface area contributed by atoms with Crippen molar-refractivity contribution in [2.24, 2.45) is 4.99 Å². The Morgan fingerprint density at radius 2 is 1.84 bits per heavy atom. The first-order valence-electron chi connectivity index (χ1n) is 12.5. The van der Waals surface area contributed by atoms with Crippen LogP contribution in [0.2, 0.25) is 0 Å². The molecule has 0 atom stereocenters. The monoisotopic (exact) mass is 512 g/mol. The number of carbonyl (C=O) groups excluding carboxylic acids is 1. The highest BCUT2D eigenvalue weighted by Gasteiger charge is 2.24. The van der Waals surface area contributed by atoms with Crippen molar-refractivity contribution in [3.8, 4) is 11.5 Å². The van der Waals surface area contributed by atoms with Crippen molar-refractivity contribution in [3.63, 3.8) is 0 Å². The summed E-state index contributed by atoms with van der Waals surface area (Å²) < 4.78 is 12.2. The molecule has 1 N–H and O–H groups in total. The van der Waals surface area contributed by atoms with Crippen LogP contribution in [0.15, 0.2) is 83.2 Å². The summed E-state index contributed by atoms with van der Waals surface area (Å²) in [5.41, 5.74) is 6.15. The number of thioether (sulfide) groups is 1. The summed E-state index contributed by atoms with van der Waals surface area (Å²) in [7, 11) is 0.